The van der Waals surface area contributed by atoms with Crippen LogP contribution in [0.2, 0.25) is 0 Å². The quantitative estimate of drug-likeness (QED) is 0.0199. The average Bonchev–Trinajstić information content (AvgIpc) is 3.13. The van der Waals surface area contributed by atoms with E-state index >= 15 is 0 Å². The highest BCUT2D eigenvalue weighted by Gasteiger charge is 2.21. The van der Waals surface area contributed by atoms with E-state index in [9.17, 15) is 19.0 Å². The number of ether oxygens (including phenoxy) is 2. The molecule has 0 aromatic rings. The van der Waals surface area contributed by atoms with Gasteiger partial charge in [0.05, 0.1) is 27.7 Å². The van der Waals surface area contributed by atoms with Crippen LogP contribution in [0.4, 0.5) is 0 Å². The van der Waals surface area contributed by atoms with Gasteiger partial charge in [-0.2, -0.15) is 0 Å². The number of unbranched alkanes of at least 4 members (excludes halogenated alkanes) is 17. The zero-order valence-corrected chi connectivity index (χ0v) is 36.8. The number of nitrogens with zero attached hydrogens (tertiary/aromatic N) is 1. The average molecular weight is 796 g/mol. The third kappa shape index (κ3) is 41.4. The van der Waals surface area contributed by atoms with Crippen LogP contribution in [0.3, 0.4) is 0 Å². The van der Waals surface area contributed by atoms with E-state index in [1.807, 2.05) is 21.1 Å². The first-order chi connectivity index (χ1) is 26.5. The van der Waals surface area contributed by atoms with Gasteiger partial charge in [-0.15, -0.1) is 0 Å². The van der Waals surface area contributed by atoms with Crippen molar-refractivity contribution >= 4 is 19.8 Å². The topological polar surface area (TPSA) is 111 Å². The van der Waals surface area contributed by atoms with E-state index < -0.39 is 32.5 Å². The number of rotatable bonds is 39. The number of phosphoric acid groups is 1. The Morgan fingerprint density at radius 3 is 1.56 bits per heavy atom. The van der Waals surface area contributed by atoms with Crippen molar-refractivity contribution in [2.75, 3.05) is 47.5 Å². The van der Waals surface area contributed by atoms with E-state index in [1.54, 1.807) is 0 Å². The standard InChI is InChI=1S/C45H82NO8P/c1-6-8-10-12-14-16-18-20-22-24-26-28-30-32-34-36-38-45(48)54-43(42-53-55(49,50)52-40-39-46(3,4)5)41-51-44(47)37-35-33-31-29-27-25-23-21-19-17-15-13-11-9-7-2/h9,11,15,17,21-24,43H,6-8,10,12-14,16,18-20,25-42H2,1-5H3/b11-9-,17-15-,23-21-,24-22-/t43-/m1/s1. The zero-order chi connectivity index (χ0) is 40.7. The van der Waals surface area contributed by atoms with Crippen molar-refractivity contribution < 1.29 is 42.1 Å². The van der Waals surface area contributed by atoms with Gasteiger partial charge in [0.25, 0.3) is 7.82 Å². The van der Waals surface area contributed by atoms with Crippen molar-refractivity contribution in [1.82, 2.24) is 0 Å². The molecule has 0 heterocycles. The molecule has 55 heavy (non-hydrogen) atoms. The van der Waals surface area contributed by atoms with E-state index in [1.165, 1.54) is 51.4 Å². The number of quaternary nitrogens is 1. The fraction of sp³-hybridized carbons (Fsp3) is 0.778. The molecule has 10 heteroatoms. The van der Waals surface area contributed by atoms with E-state index in [0.717, 1.165) is 83.5 Å². The van der Waals surface area contributed by atoms with Crippen LogP contribution in [-0.4, -0.2) is 70.0 Å². The summed E-state index contributed by atoms with van der Waals surface area (Å²) in [6.45, 7) is 4.08. The molecular formula is C45H82NO8P. The Morgan fingerprint density at radius 1 is 0.582 bits per heavy atom. The maximum Gasteiger partial charge on any atom is 0.306 e. The van der Waals surface area contributed by atoms with Crippen molar-refractivity contribution in [3.8, 4) is 0 Å². The molecule has 0 aromatic heterocycles. The molecule has 0 aliphatic carbocycles. The molecule has 0 N–H and O–H groups in total. The highest BCUT2D eigenvalue weighted by atomic mass is 31.2. The van der Waals surface area contributed by atoms with Crippen LogP contribution in [0.5, 0.6) is 0 Å². The predicted molar refractivity (Wildman–Crippen MR) is 227 cm³/mol. The van der Waals surface area contributed by atoms with Gasteiger partial charge < -0.3 is 27.9 Å². The molecule has 0 rings (SSSR count). The van der Waals surface area contributed by atoms with Crippen molar-refractivity contribution in [2.45, 2.75) is 180 Å². The fourth-order valence-electron chi connectivity index (χ4n) is 5.66. The number of allylic oxidation sites excluding steroid dienone is 8. The molecule has 0 aliphatic heterocycles. The summed E-state index contributed by atoms with van der Waals surface area (Å²) in [6, 6.07) is 0. The monoisotopic (exact) mass is 796 g/mol. The van der Waals surface area contributed by atoms with Gasteiger partial charge in [-0.3, -0.25) is 14.2 Å². The summed E-state index contributed by atoms with van der Waals surface area (Å²) in [5.41, 5.74) is 0. The first-order valence-corrected chi connectivity index (χ1v) is 23.3. The minimum Gasteiger partial charge on any atom is -0.756 e. The van der Waals surface area contributed by atoms with Gasteiger partial charge >= 0.3 is 11.9 Å². The molecule has 0 fully saturated rings. The molecule has 0 amide bonds. The Hall–Kier alpha value is -2.03. The van der Waals surface area contributed by atoms with Gasteiger partial charge in [-0.1, -0.05) is 140 Å². The SMILES string of the molecule is CC/C=C\C/C=C\C/C=C\CCCCCCCC(=O)OC[C@H](COP(=O)([O-])OCC[N+](C)(C)C)OC(=O)CCCCCCC/C=C\CCCCCCCCC. The van der Waals surface area contributed by atoms with Gasteiger partial charge in [-0.05, 0) is 70.6 Å². The number of hydrogen-bond donors (Lipinski definition) is 0. The van der Waals surface area contributed by atoms with Crippen molar-refractivity contribution in [2.24, 2.45) is 0 Å². The molecule has 0 bridgehead atoms. The second kappa shape index (κ2) is 37.5. The first-order valence-electron chi connectivity index (χ1n) is 21.8. The number of likely N-dealkylation sites (N-methyl/N-ethyl adjacent to an activating group) is 1. The van der Waals surface area contributed by atoms with Crippen LogP contribution in [0, 0.1) is 0 Å². The van der Waals surface area contributed by atoms with Crippen molar-refractivity contribution in [3.05, 3.63) is 48.6 Å². The Labute approximate surface area is 337 Å². The predicted octanol–water partition coefficient (Wildman–Crippen LogP) is 11.7. The van der Waals surface area contributed by atoms with Crippen LogP contribution >= 0.6 is 7.82 Å². The smallest absolute Gasteiger partial charge is 0.306 e. The Kier molecular flexibility index (Phi) is 36.2. The Balaban J connectivity index is 4.41. The minimum atomic E-state index is -4.63. The summed E-state index contributed by atoms with van der Waals surface area (Å²) in [5, 5.41) is 0. The summed E-state index contributed by atoms with van der Waals surface area (Å²) < 4.78 is 33.9. The lowest BCUT2D eigenvalue weighted by Crippen LogP contribution is -2.37. The van der Waals surface area contributed by atoms with E-state index in [0.29, 0.717) is 23.9 Å². The van der Waals surface area contributed by atoms with E-state index in [4.69, 9.17) is 18.5 Å². The van der Waals surface area contributed by atoms with Crippen LogP contribution in [0.1, 0.15) is 174 Å². The lowest BCUT2D eigenvalue weighted by molar-refractivity contribution is -0.870. The molecule has 0 saturated carbocycles. The number of esters is 2. The van der Waals surface area contributed by atoms with Gasteiger partial charge in [0.15, 0.2) is 6.10 Å². The second-order valence-corrected chi connectivity index (χ2v) is 17.1. The normalized spacial score (nSPS) is 14.1. The largest absolute Gasteiger partial charge is 0.756 e. The van der Waals surface area contributed by atoms with E-state index in [2.05, 4.69) is 62.5 Å². The molecule has 9 nitrogen and oxygen atoms in total. The fourth-order valence-corrected chi connectivity index (χ4v) is 6.39. The lowest BCUT2D eigenvalue weighted by atomic mass is 10.1. The highest BCUT2D eigenvalue weighted by Crippen LogP contribution is 2.38. The van der Waals surface area contributed by atoms with Gasteiger partial charge in [0, 0.05) is 12.8 Å². The Morgan fingerprint density at radius 2 is 1.04 bits per heavy atom. The number of carbonyl (C=O) groups is 2. The van der Waals surface area contributed by atoms with Crippen LogP contribution in [-0.2, 0) is 32.7 Å². The molecule has 0 spiro atoms. The summed E-state index contributed by atoms with van der Waals surface area (Å²) in [7, 11) is 1.14. The van der Waals surface area contributed by atoms with Crippen molar-refractivity contribution in [1.29, 1.82) is 0 Å². The molecule has 0 radical (unpaired) electrons. The summed E-state index contributed by atoms with van der Waals surface area (Å²) in [5.74, 6) is -0.866. The van der Waals surface area contributed by atoms with Crippen molar-refractivity contribution in [3.63, 3.8) is 0 Å². The molecule has 1 unspecified atom stereocenters. The first kappa shape index (κ1) is 53.0. The second-order valence-electron chi connectivity index (χ2n) is 15.7. The van der Waals surface area contributed by atoms with Gasteiger partial charge in [0.1, 0.15) is 19.8 Å². The molecule has 320 valence electrons. The molecule has 0 aromatic carbocycles. The third-order valence-electron chi connectivity index (χ3n) is 9.08. The summed E-state index contributed by atoms with van der Waals surface area (Å²) in [6.07, 6.45) is 42.8. The maximum atomic E-state index is 12.7. The number of hydrogen-bond acceptors (Lipinski definition) is 8. The summed E-state index contributed by atoms with van der Waals surface area (Å²) >= 11 is 0. The van der Waals surface area contributed by atoms with Gasteiger partial charge in [-0.25, -0.2) is 0 Å². The lowest BCUT2D eigenvalue weighted by Gasteiger charge is -2.28. The van der Waals surface area contributed by atoms with Gasteiger partial charge in [0.2, 0.25) is 0 Å². The zero-order valence-electron chi connectivity index (χ0n) is 35.9. The minimum absolute atomic E-state index is 0.0367. The number of carbonyl (C=O) groups excluding carboxylic acids is 2. The maximum absolute atomic E-state index is 12.7. The van der Waals surface area contributed by atoms with E-state index in [-0.39, 0.29) is 26.1 Å². The molecule has 2 atom stereocenters. The summed E-state index contributed by atoms with van der Waals surface area (Å²) in [4.78, 5) is 37.5. The molecular weight excluding hydrogens is 713 g/mol. The molecule has 0 aliphatic rings. The van der Waals surface area contributed by atoms with Crippen LogP contribution in [0.15, 0.2) is 48.6 Å². The Bertz CT molecular complexity index is 1080. The van der Waals surface area contributed by atoms with Crippen LogP contribution in [0.25, 0.3) is 0 Å². The van der Waals surface area contributed by atoms with Crippen LogP contribution < -0.4 is 4.89 Å². The third-order valence-corrected chi connectivity index (χ3v) is 10.0. The number of phosphoric ester groups is 1. The molecule has 0 saturated heterocycles. The highest BCUT2D eigenvalue weighted by molar-refractivity contribution is 7.45.